The summed E-state index contributed by atoms with van der Waals surface area (Å²) in [6.07, 6.45) is 6.68. The minimum absolute atomic E-state index is 0.243. The zero-order valence-electron chi connectivity index (χ0n) is 15.9. The first-order chi connectivity index (χ1) is 13.5. The summed E-state index contributed by atoms with van der Waals surface area (Å²) in [4.78, 5) is 18.8. The van der Waals surface area contributed by atoms with Crippen molar-refractivity contribution >= 4 is 11.2 Å². The lowest BCUT2D eigenvalue weighted by Gasteiger charge is -2.39. The molecule has 0 spiro atoms. The van der Waals surface area contributed by atoms with Gasteiger partial charge in [0.05, 0.1) is 23.0 Å². The molecule has 8 heteroatoms. The third kappa shape index (κ3) is 3.55. The highest BCUT2D eigenvalue weighted by Gasteiger charge is 2.39. The molecule has 1 saturated heterocycles. The molecule has 146 valence electrons. The number of H-pyrrole nitrogens is 1. The fourth-order valence-corrected chi connectivity index (χ4v) is 4.19. The predicted molar refractivity (Wildman–Crippen MR) is 106 cm³/mol. The van der Waals surface area contributed by atoms with Crippen LogP contribution in [0.1, 0.15) is 24.2 Å². The van der Waals surface area contributed by atoms with Gasteiger partial charge in [0.15, 0.2) is 0 Å². The van der Waals surface area contributed by atoms with Crippen molar-refractivity contribution in [1.82, 2.24) is 24.8 Å². The Morgan fingerprint density at radius 2 is 1.86 bits per heavy atom. The number of likely N-dealkylation sites (tertiary alicyclic amines) is 1. The summed E-state index contributed by atoms with van der Waals surface area (Å²) in [7, 11) is 2.11. The molecule has 0 radical (unpaired) electrons. The van der Waals surface area contributed by atoms with Crippen LogP contribution in [0.25, 0.3) is 11.4 Å². The molecule has 1 fully saturated rings. The van der Waals surface area contributed by atoms with Crippen LogP contribution < -0.4 is 0 Å². The number of hydrogen-bond donors (Lipinski definition) is 1. The Bertz CT molecular complexity index is 951. The molecule has 1 aliphatic heterocycles. The molecular formula is C20H22FN5OS. The maximum Gasteiger partial charge on any atom is 0.342 e. The van der Waals surface area contributed by atoms with Crippen LogP contribution in [0.15, 0.2) is 47.9 Å². The monoisotopic (exact) mass is 399 g/mol. The Balaban J connectivity index is 1.74. The molecule has 3 aromatic rings. The summed E-state index contributed by atoms with van der Waals surface area (Å²) in [6.45, 7) is 1.86. The van der Waals surface area contributed by atoms with Gasteiger partial charge in [-0.1, -0.05) is 12.1 Å². The molecule has 1 aromatic carbocycles. The third-order valence-corrected chi connectivity index (χ3v) is 6.14. The summed E-state index contributed by atoms with van der Waals surface area (Å²) in [6, 6.07) is 8.49. The van der Waals surface area contributed by atoms with E-state index in [0.29, 0.717) is 10.9 Å². The van der Waals surface area contributed by atoms with Crippen molar-refractivity contribution in [3.05, 3.63) is 59.9 Å². The lowest BCUT2D eigenvalue weighted by molar-refractivity contribution is 0.207. The first-order valence-electron chi connectivity index (χ1n) is 9.15. The number of benzene rings is 1. The number of rotatable bonds is 4. The second-order valence-corrected chi connectivity index (χ2v) is 8.49. The van der Waals surface area contributed by atoms with Gasteiger partial charge in [-0.15, -0.1) is 0 Å². The van der Waals surface area contributed by atoms with E-state index in [4.69, 9.17) is 0 Å². The molecule has 1 unspecified atom stereocenters. The first-order valence-corrected chi connectivity index (χ1v) is 10.7. The van der Waals surface area contributed by atoms with Crippen LogP contribution in [0.5, 0.6) is 0 Å². The van der Waals surface area contributed by atoms with Crippen LogP contribution in [0.3, 0.4) is 0 Å². The lowest BCUT2D eigenvalue weighted by atomic mass is 9.72. The normalized spacial score (nSPS) is 18.1. The van der Waals surface area contributed by atoms with E-state index in [9.17, 15) is 8.94 Å². The van der Waals surface area contributed by atoms with E-state index >= 15 is 0 Å². The maximum absolute atomic E-state index is 13.5. The second kappa shape index (κ2) is 7.62. The van der Waals surface area contributed by atoms with Gasteiger partial charge in [-0.05, 0) is 56.7 Å². The van der Waals surface area contributed by atoms with E-state index in [2.05, 4.69) is 31.9 Å². The van der Waals surface area contributed by atoms with Crippen molar-refractivity contribution < 1.29 is 8.94 Å². The number of imidazole rings is 1. The second-order valence-electron chi connectivity index (χ2n) is 7.22. The molecule has 0 saturated carbocycles. The van der Waals surface area contributed by atoms with E-state index in [-0.39, 0.29) is 11.2 Å². The minimum Gasteiger partial charge on any atom is -0.609 e. The number of nitrogens with one attached hydrogen (secondary N) is 1. The number of aromatic amines is 1. The molecule has 1 aliphatic rings. The van der Waals surface area contributed by atoms with Crippen LogP contribution in [0.2, 0.25) is 0 Å². The van der Waals surface area contributed by atoms with Crippen LogP contribution in [0.4, 0.5) is 4.39 Å². The van der Waals surface area contributed by atoms with Gasteiger partial charge in [0.1, 0.15) is 17.9 Å². The number of nitrogens with zero attached hydrogens (tertiary/aromatic N) is 4. The molecule has 0 amide bonds. The molecule has 28 heavy (non-hydrogen) atoms. The van der Waals surface area contributed by atoms with Crippen LogP contribution >= 0.6 is 0 Å². The highest BCUT2D eigenvalue weighted by atomic mass is 32.2. The summed E-state index contributed by atoms with van der Waals surface area (Å²) in [5, 5.41) is 0.293. The van der Waals surface area contributed by atoms with Crippen LogP contribution in [-0.4, -0.2) is 55.8 Å². The minimum atomic E-state index is -1.25. The molecule has 1 atom stereocenters. The van der Waals surface area contributed by atoms with Crippen LogP contribution in [-0.2, 0) is 16.6 Å². The number of aromatic nitrogens is 4. The van der Waals surface area contributed by atoms with Gasteiger partial charge in [-0.2, -0.15) is 9.97 Å². The highest BCUT2D eigenvalue weighted by molar-refractivity contribution is 7.90. The molecular weight excluding hydrogens is 377 g/mol. The van der Waals surface area contributed by atoms with Crippen molar-refractivity contribution in [3.8, 4) is 11.4 Å². The average Bonchev–Trinajstić information content (AvgIpc) is 3.20. The molecule has 6 nitrogen and oxygen atoms in total. The van der Waals surface area contributed by atoms with E-state index < -0.39 is 11.2 Å². The maximum atomic E-state index is 13.5. The summed E-state index contributed by atoms with van der Waals surface area (Å²) < 4.78 is 25.2. The summed E-state index contributed by atoms with van der Waals surface area (Å²) in [5.74, 6) is 0.605. The van der Waals surface area contributed by atoms with Gasteiger partial charge in [0.25, 0.3) is 0 Å². The molecule has 3 heterocycles. The molecule has 0 bridgehead atoms. The standard InChI is InChI=1S/C20H22FN5OS/c1-26-11-8-20(9-12-26,14-3-5-15(21)6-4-14)18-23-13-17(24-18)16-7-10-22-19(25-16)28(2)27/h3-7,10,13H,8-9,11-12H2,1-2H3,(H,23,24). The Kier molecular flexibility index (Phi) is 5.18. The van der Waals surface area contributed by atoms with Crippen molar-refractivity contribution in [3.63, 3.8) is 0 Å². The first kappa shape index (κ1) is 19.0. The van der Waals surface area contributed by atoms with Crippen molar-refractivity contribution in [1.29, 1.82) is 0 Å². The lowest BCUT2D eigenvalue weighted by Crippen LogP contribution is -2.42. The Hall–Kier alpha value is -2.29. The number of hydrogen-bond acceptors (Lipinski definition) is 5. The third-order valence-electron chi connectivity index (χ3n) is 5.43. The van der Waals surface area contributed by atoms with E-state index in [1.807, 2.05) is 12.1 Å². The van der Waals surface area contributed by atoms with Gasteiger partial charge in [0.2, 0.25) is 0 Å². The summed E-state index contributed by atoms with van der Waals surface area (Å²) in [5.41, 5.74) is 2.16. The Morgan fingerprint density at radius 1 is 1.14 bits per heavy atom. The van der Waals surface area contributed by atoms with Crippen molar-refractivity contribution in [2.45, 2.75) is 23.4 Å². The van der Waals surface area contributed by atoms with Crippen molar-refractivity contribution in [2.75, 3.05) is 26.4 Å². The largest absolute Gasteiger partial charge is 0.609 e. The zero-order chi connectivity index (χ0) is 19.7. The van der Waals surface area contributed by atoms with Gasteiger partial charge < -0.3 is 14.4 Å². The van der Waals surface area contributed by atoms with Gasteiger partial charge in [-0.25, -0.2) is 9.37 Å². The van der Waals surface area contributed by atoms with E-state index in [1.165, 1.54) is 12.1 Å². The fraction of sp³-hybridized carbons (Fsp3) is 0.350. The van der Waals surface area contributed by atoms with Gasteiger partial charge >= 0.3 is 5.16 Å². The topological polar surface area (TPSA) is 80.8 Å². The van der Waals surface area contributed by atoms with Gasteiger partial charge in [-0.3, -0.25) is 0 Å². The molecule has 1 N–H and O–H groups in total. The molecule has 4 rings (SSSR count). The molecule has 0 aliphatic carbocycles. The van der Waals surface area contributed by atoms with E-state index in [0.717, 1.165) is 43.0 Å². The van der Waals surface area contributed by atoms with Crippen molar-refractivity contribution in [2.24, 2.45) is 0 Å². The highest BCUT2D eigenvalue weighted by Crippen LogP contribution is 2.40. The smallest absolute Gasteiger partial charge is 0.342 e. The van der Waals surface area contributed by atoms with E-state index in [1.54, 1.807) is 24.7 Å². The quantitative estimate of drug-likeness (QED) is 0.539. The zero-order valence-corrected chi connectivity index (χ0v) is 16.7. The van der Waals surface area contributed by atoms with Gasteiger partial charge in [0, 0.05) is 17.4 Å². The average molecular weight is 399 g/mol. The number of halogens is 1. The number of piperidine rings is 1. The Morgan fingerprint density at radius 3 is 2.54 bits per heavy atom. The molecule has 2 aromatic heterocycles. The van der Waals surface area contributed by atoms with Crippen LogP contribution in [0, 0.1) is 5.82 Å². The summed E-state index contributed by atoms with van der Waals surface area (Å²) >= 11 is -1.25. The predicted octanol–water partition coefficient (Wildman–Crippen LogP) is 2.75. The SMILES string of the molecule is CN1CCC(c2ccc(F)cc2)(c2ncc(-c3ccnc([S+](C)[O-])n3)[nH]2)CC1. The fourth-order valence-electron chi connectivity index (χ4n) is 3.76. The Labute approximate surface area is 166 Å².